The summed E-state index contributed by atoms with van der Waals surface area (Å²) in [5.41, 5.74) is 1.72. The highest BCUT2D eigenvalue weighted by molar-refractivity contribution is 7.92. The van der Waals surface area contributed by atoms with E-state index in [1.807, 2.05) is 19.1 Å². The van der Waals surface area contributed by atoms with Gasteiger partial charge in [0.1, 0.15) is 5.75 Å². The van der Waals surface area contributed by atoms with Gasteiger partial charge in [-0.05, 0) is 42.3 Å². The second-order valence-electron chi connectivity index (χ2n) is 5.14. The molecule has 128 valence electrons. The molecule has 0 unspecified atom stereocenters. The predicted molar refractivity (Wildman–Crippen MR) is 98.6 cm³/mol. The number of nitrogens with zero attached hydrogens (tertiary/aromatic N) is 1. The number of hydrogen-bond acceptors (Lipinski definition) is 3. The van der Waals surface area contributed by atoms with E-state index in [9.17, 15) is 8.42 Å². The summed E-state index contributed by atoms with van der Waals surface area (Å²) in [7, 11) is -2.28. The lowest BCUT2D eigenvalue weighted by Crippen LogP contribution is -2.31. The molecule has 2 aromatic carbocycles. The van der Waals surface area contributed by atoms with Crippen molar-refractivity contribution in [3.8, 4) is 5.75 Å². The molecule has 0 N–H and O–H groups in total. The van der Waals surface area contributed by atoms with Crippen LogP contribution in [0.4, 0.5) is 5.69 Å². The minimum atomic E-state index is -3.76. The van der Waals surface area contributed by atoms with Gasteiger partial charge in [0.2, 0.25) is 0 Å². The second kappa shape index (κ2) is 7.73. The van der Waals surface area contributed by atoms with Gasteiger partial charge in [-0.15, -0.1) is 6.58 Å². The van der Waals surface area contributed by atoms with Gasteiger partial charge >= 0.3 is 0 Å². The Morgan fingerprint density at radius 1 is 1.21 bits per heavy atom. The van der Waals surface area contributed by atoms with Crippen molar-refractivity contribution in [2.24, 2.45) is 0 Å². The average Bonchev–Trinajstić information content (AvgIpc) is 2.59. The molecule has 2 aromatic rings. The first-order chi connectivity index (χ1) is 11.4. The van der Waals surface area contributed by atoms with Gasteiger partial charge in [-0.3, -0.25) is 4.31 Å². The molecular formula is C18H20ClNO3S. The number of methoxy groups -OCH3 is 1. The van der Waals surface area contributed by atoms with E-state index in [0.29, 0.717) is 11.4 Å². The lowest BCUT2D eigenvalue weighted by molar-refractivity contribution is 0.414. The lowest BCUT2D eigenvalue weighted by Gasteiger charge is -2.23. The third-order valence-electron chi connectivity index (χ3n) is 3.64. The molecule has 0 aliphatic heterocycles. The molecule has 2 rings (SSSR count). The van der Waals surface area contributed by atoms with Crippen molar-refractivity contribution >= 4 is 27.3 Å². The van der Waals surface area contributed by atoms with E-state index < -0.39 is 10.0 Å². The monoisotopic (exact) mass is 365 g/mol. The van der Waals surface area contributed by atoms with E-state index >= 15 is 0 Å². The number of rotatable bonds is 7. The van der Waals surface area contributed by atoms with Crippen molar-refractivity contribution in [1.29, 1.82) is 0 Å². The number of sulfonamides is 1. The minimum absolute atomic E-state index is 0.106. The van der Waals surface area contributed by atoms with Crippen LogP contribution in [0.25, 0.3) is 0 Å². The molecule has 0 saturated carbocycles. The maximum absolute atomic E-state index is 13.0. The molecule has 4 nitrogen and oxygen atoms in total. The van der Waals surface area contributed by atoms with Crippen LogP contribution in [-0.2, 0) is 16.4 Å². The van der Waals surface area contributed by atoms with Crippen LogP contribution < -0.4 is 9.04 Å². The molecule has 0 heterocycles. The summed E-state index contributed by atoms with van der Waals surface area (Å²) in [4.78, 5) is 0.106. The first kappa shape index (κ1) is 18.4. The van der Waals surface area contributed by atoms with Gasteiger partial charge in [0.15, 0.2) is 0 Å². The Bertz CT molecular complexity index is 817. The molecule has 0 spiro atoms. The van der Waals surface area contributed by atoms with Crippen molar-refractivity contribution in [3.63, 3.8) is 0 Å². The Kier molecular flexibility index (Phi) is 5.91. The maximum atomic E-state index is 13.0. The van der Waals surface area contributed by atoms with Crippen LogP contribution in [-0.4, -0.2) is 22.1 Å². The van der Waals surface area contributed by atoms with E-state index in [1.54, 1.807) is 24.3 Å². The smallest absolute Gasteiger partial charge is 0.264 e. The third kappa shape index (κ3) is 3.74. The summed E-state index contributed by atoms with van der Waals surface area (Å²) in [5, 5.41) is 0.249. The fraction of sp³-hybridized carbons (Fsp3) is 0.222. The summed E-state index contributed by atoms with van der Waals surface area (Å²) in [6.07, 6.45) is 2.44. The van der Waals surface area contributed by atoms with Crippen molar-refractivity contribution < 1.29 is 13.2 Å². The van der Waals surface area contributed by atoms with Gasteiger partial charge < -0.3 is 4.74 Å². The summed E-state index contributed by atoms with van der Waals surface area (Å²) < 4.78 is 32.4. The molecule has 6 heteroatoms. The van der Waals surface area contributed by atoms with Crippen molar-refractivity contribution in [3.05, 3.63) is 65.7 Å². The molecule has 0 bridgehead atoms. The Hall–Kier alpha value is -1.98. The predicted octanol–water partition coefficient (Wildman–Crippen LogP) is 4.29. The van der Waals surface area contributed by atoms with Crippen LogP contribution >= 0.6 is 11.6 Å². The van der Waals surface area contributed by atoms with E-state index in [0.717, 1.165) is 12.0 Å². The quantitative estimate of drug-likeness (QED) is 0.687. The average molecular weight is 366 g/mol. The molecule has 24 heavy (non-hydrogen) atoms. The highest BCUT2D eigenvalue weighted by Gasteiger charge is 2.25. The maximum Gasteiger partial charge on any atom is 0.264 e. The molecule has 0 radical (unpaired) electrons. The summed E-state index contributed by atoms with van der Waals surface area (Å²) in [5.74, 6) is 0.429. The SMILES string of the molecule is C=CCN(c1ccc(CC)cc1)S(=O)(=O)c1ccc(OC)c(Cl)c1. The number of aryl methyl sites for hydroxylation is 1. The standard InChI is InChI=1S/C18H20ClNO3S/c1-4-12-20(15-8-6-14(5-2)7-9-15)24(21,22)16-10-11-18(23-3)17(19)13-16/h4,6-11,13H,1,5,12H2,2-3H3. The van der Waals surface area contributed by atoms with E-state index in [2.05, 4.69) is 6.58 Å². The van der Waals surface area contributed by atoms with Crippen molar-refractivity contribution in [2.45, 2.75) is 18.2 Å². The summed E-state index contributed by atoms with van der Waals surface area (Å²) >= 11 is 6.07. The number of benzene rings is 2. The second-order valence-corrected chi connectivity index (χ2v) is 7.41. The van der Waals surface area contributed by atoms with Crippen LogP contribution in [0.15, 0.2) is 60.0 Å². The fourth-order valence-corrected chi connectivity index (χ4v) is 4.08. The Morgan fingerprint density at radius 2 is 1.88 bits per heavy atom. The molecular weight excluding hydrogens is 346 g/mol. The molecule has 0 aromatic heterocycles. The van der Waals surface area contributed by atoms with Gasteiger partial charge in [0, 0.05) is 0 Å². The summed E-state index contributed by atoms with van der Waals surface area (Å²) in [6, 6.07) is 11.9. The minimum Gasteiger partial charge on any atom is -0.495 e. The Morgan fingerprint density at radius 3 is 2.38 bits per heavy atom. The molecule has 0 aliphatic carbocycles. The van der Waals surface area contributed by atoms with Crippen LogP contribution in [0.5, 0.6) is 5.75 Å². The van der Waals surface area contributed by atoms with Crippen LogP contribution in [0.1, 0.15) is 12.5 Å². The number of halogens is 1. The molecule has 0 amide bonds. The van der Waals surface area contributed by atoms with Gasteiger partial charge in [-0.2, -0.15) is 0 Å². The highest BCUT2D eigenvalue weighted by atomic mass is 35.5. The third-order valence-corrected chi connectivity index (χ3v) is 5.72. The zero-order chi connectivity index (χ0) is 17.7. The molecule has 0 fully saturated rings. The molecule has 0 saturated heterocycles. The molecule has 0 aliphatic rings. The van der Waals surface area contributed by atoms with Crippen molar-refractivity contribution in [1.82, 2.24) is 0 Å². The topological polar surface area (TPSA) is 46.6 Å². The first-order valence-corrected chi connectivity index (χ1v) is 9.32. The first-order valence-electron chi connectivity index (χ1n) is 7.50. The van der Waals surface area contributed by atoms with Crippen LogP contribution in [0.3, 0.4) is 0 Å². The van der Waals surface area contributed by atoms with Crippen LogP contribution in [0.2, 0.25) is 5.02 Å². The van der Waals surface area contributed by atoms with Gasteiger partial charge in [0.25, 0.3) is 10.0 Å². The molecule has 0 atom stereocenters. The van der Waals surface area contributed by atoms with Gasteiger partial charge in [-0.25, -0.2) is 8.42 Å². The largest absolute Gasteiger partial charge is 0.495 e. The normalized spacial score (nSPS) is 11.1. The van der Waals surface area contributed by atoms with Crippen molar-refractivity contribution in [2.75, 3.05) is 18.0 Å². The Labute approximate surface area is 148 Å². The fourth-order valence-electron chi connectivity index (χ4n) is 2.29. The number of anilines is 1. The zero-order valence-corrected chi connectivity index (χ0v) is 15.3. The van der Waals surface area contributed by atoms with E-state index in [1.165, 1.54) is 23.5 Å². The Balaban J connectivity index is 2.48. The highest BCUT2D eigenvalue weighted by Crippen LogP contribution is 2.30. The zero-order valence-electron chi connectivity index (χ0n) is 13.7. The van der Waals surface area contributed by atoms with Gasteiger partial charge in [0.05, 0.1) is 29.3 Å². The van der Waals surface area contributed by atoms with E-state index in [4.69, 9.17) is 16.3 Å². The number of ether oxygens (including phenoxy) is 1. The van der Waals surface area contributed by atoms with E-state index in [-0.39, 0.29) is 16.5 Å². The number of hydrogen-bond donors (Lipinski definition) is 0. The van der Waals surface area contributed by atoms with Gasteiger partial charge in [-0.1, -0.05) is 36.7 Å². The van der Waals surface area contributed by atoms with Crippen LogP contribution in [0, 0.1) is 0 Å². The lowest BCUT2D eigenvalue weighted by atomic mass is 10.1. The summed E-state index contributed by atoms with van der Waals surface area (Å²) in [6.45, 7) is 5.87.